The van der Waals surface area contributed by atoms with Crippen LogP contribution in [0.15, 0.2) is 66.7 Å². The van der Waals surface area contributed by atoms with Gasteiger partial charge in [0, 0.05) is 18.2 Å². The van der Waals surface area contributed by atoms with Crippen LogP contribution in [-0.2, 0) is 9.53 Å². The highest BCUT2D eigenvalue weighted by Gasteiger charge is 2.14. The van der Waals surface area contributed by atoms with Gasteiger partial charge in [-0.25, -0.2) is 4.79 Å². The molecule has 1 N–H and O–H groups in total. The molecule has 0 atom stereocenters. The van der Waals surface area contributed by atoms with E-state index in [1.807, 2.05) is 30.3 Å². The number of hydrogen-bond acceptors (Lipinski definition) is 4. The number of Topliss-reactive ketones (excluding diaryl/α,β-unsaturated/α-hetero) is 1. The third kappa shape index (κ3) is 3.95. The second-order valence-corrected chi connectivity index (χ2v) is 5.79. The molecule has 0 bridgehead atoms. The van der Waals surface area contributed by atoms with Gasteiger partial charge in [0.25, 0.3) is 0 Å². The van der Waals surface area contributed by atoms with Crippen molar-refractivity contribution in [1.29, 1.82) is 0 Å². The van der Waals surface area contributed by atoms with Crippen molar-refractivity contribution in [2.75, 3.05) is 11.9 Å². The van der Waals surface area contributed by atoms with E-state index in [-0.39, 0.29) is 23.9 Å². The number of amides is 1. The summed E-state index contributed by atoms with van der Waals surface area (Å²) in [7, 11) is 0. The van der Waals surface area contributed by atoms with E-state index in [0.717, 1.165) is 10.8 Å². The number of ketones is 1. The van der Waals surface area contributed by atoms with Gasteiger partial charge in [-0.3, -0.25) is 9.59 Å². The molecule has 0 radical (unpaired) electrons. The van der Waals surface area contributed by atoms with Gasteiger partial charge in [0.05, 0.1) is 5.56 Å². The van der Waals surface area contributed by atoms with Gasteiger partial charge in [0.2, 0.25) is 11.7 Å². The number of esters is 1. The molecule has 0 aliphatic rings. The molecular weight excluding hydrogens is 330 g/mol. The molecule has 0 saturated carbocycles. The number of fused-ring (bicyclic) bond motifs is 1. The minimum Gasteiger partial charge on any atom is -0.454 e. The molecule has 3 rings (SSSR count). The maximum absolute atomic E-state index is 12.5. The summed E-state index contributed by atoms with van der Waals surface area (Å²) in [5.74, 6) is -1.12. The second-order valence-electron chi connectivity index (χ2n) is 5.79. The normalized spacial score (nSPS) is 10.3. The summed E-state index contributed by atoms with van der Waals surface area (Å²) in [5, 5.41) is 4.37. The first-order chi connectivity index (χ1) is 12.5. The Kier molecular flexibility index (Phi) is 5.08. The lowest BCUT2D eigenvalue weighted by molar-refractivity contribution is -0.114. The summed E-state index contributed by atoms with van der Waals surface area (Å²) >= 11 is 0. The lowest BCUT2D eigenvalue weighted by atomic mass is 10.0. The lowest BCUT2D eigenvalue weighted by Gasteiger charge is -2.08. The Morgan fingerprint density at radius 1 is 0.923 bits per heavy atom. The largest absolute Gasteiger partial charge is 0.454 e. The van der Waals surface area contributed by atoms with Crippen LogP contribution >= 0.6 is 0 Å². The zero-order valence-corrected chi connectivity index (χ0v) is 14.2. The molecule has 0 spiro atoms. The van der Waals surface area contributed by atoms with E-state index in [2.05, 4.69) is 5.32 Å². The van der Waals surface area contributed by atoms with Gasteiger partial charge < -0.3 is 10.1 Å². The van der Waals surface area contributed by atoms with E-state index in [0.29, 0.717) is 11.3 Å². The van der Waals surface area contributed by atoms with E-state index < -0.39 is 5.97 Å². The summed E-state index contributed by atoms with van der Waals surface area (Å²) in [6.45, 7) is 1.03. The number of benzene rings is 3. The summed E-state index contributed by atoms with van der Waals surface area (Å²) in [5.41, 5.74) is 1.28. The molecule has 0 aliphatic heterocycles. The Balaban J connectivity index is 1.71. The first-order valence-corrected chi connectivity index (χ1v) is 8.10. The fourth-order valence-electron chi connectivity index (χ4n) is 2.69. The summed E-state index contributed by atoms with van der Waals surface area (Å²) in [4.78, 5) is 35.8. The zero-order chi connectivity index (χ0) is 18.5. The van der Waals surface area contributed by atoms with Gasteiger partial charge in [0.1, 0.15) is 0 Å². The highest BCUT2D eigenvalue weighted by Crippen LogP contribution is 2.19. The topological polar surface area (TPSA) is 72.5 Å². The van der Waals surface area contributed by atoms with Crippen LogP contribution in [0.3, 0.4) is 0 Å². The Labute approximate surface area is 150 Å². The number of ether oxygens (including phenoxy) is 1. The maximum atomic E-state index is 12.5. The Morgan fingerprint density at radius 3 is 2.46 bits per heavy atom. The van der Waals surface area contributed by atoms with Gasteiger partial charge in [0.15, 0.2) is 6.61 Å². The van der Waals surface area contributed by atoms with E-state index >= 15 is 0 Å². The second kappa shape index (κ2) is 7.61. The average Bonchev–Trinajstić information content (AvgIpc) is 2.65. The molecular formula is C21H17NO4. The molecule has 130 valence electrons. The third-order valence-electron chi connectivity index (χ3n) is 3.84. The number of carbonyl (C=O) groups is 3. The molecule has 0 unspecified atom stereocenters. The number of anilines is 1. The van der Waals surface area contributed by atoms with Crippen molar-refractivity contribution >= 4 is 34.1 Å². The fourth-order valence-corrected chi connectivity index (χ4v) is 2.69. The quantitative estimate of drug-likeness (QED) is 0.562. The molecule has 0 fully saturated rings. The van der Waals surface area contributed by atoms with E-state index in [1.165, 1.54) is 13.0 Å². The van der Waals surface area contributed by atoms with Crippen molar-refractivity contribution in [2.45, 2.75) is 6.92 Å². The Morgan fingerprint density at radius 2 is 1.65 bits per heavy atom. The van der Waals surface area contributed by atoms with E-state index in [4.69, 9.17) is 4.74 Å². The van der Waals surface area contributed by atoms with Gasteiger partial charge in [-0.2, -0.15) is 0 Å². The van der Waals surface area contributed by atoms with Crippen LogP contribution in [0.25, 0.3) is 10.8 Å². The Hall–Kier alpha value is -3.47. The van der Waals surface area contributed by atoms with Crippen LogP contribution in [0.2, 0.25) is 0 Å². The van der Waals surface area contributed by atoms with Crippen LogP contribution in [0.5, 0.6) is 0 Å². The standard InChI is InChI=1S/C21H17NO4/c1-14(23)22-17-9-4-8-16(12-17)21(25)26-13-20(24)19-11-5-7-15-6-2-3-10-18(15)19/h2-12H,13H2,1H3,(H,22,23). The van der Waals surface area contributed by atoms with Crippen molar-refractivity contribution in [3.05, 3.63) is 77.9 Å². The molecule has 3 aromatic carbocycles. The van der Waals surface area contributed by atoms with Crippen molar-refractivity contribution in [1.82, 2.24) is 0 Å². The summed E-state index contributed by atoms with van der Waals surface area (Å²) < 4.78 is 5.15. The molecule has 5 heteroatoms. The average molecular weight is 347 g/mol. The first kappa shape index (κ1) is 17.4. The predicted octanol–water partition coefficient (Wildman–Crippen LogP) is 3.84. The molecule has 0 saturated heterocycles. The molecule has 3 aromatic rings. The predicted molar refractivity (Wildman–Crippen MR) is 99.3 cm³/mol. The first-order valence-electron chi connectivity index (χ1n) is 8.10. The van der Waals surface area contributed by atoms with Crippen LogP contribution in [0, 0.1) is 0 Å². The third-order valence-corrected chi connectivity index (χ3v) is 3.84. The van der Waals surface area contributed by atoms with Gasteiger partial charge in [-0.1, -0.05) is 48.5 Å². The summed E-state index contributed by atoms with van der Waals surface area (Å²) in [6, 6.07) is 19.4. The van der Waals surface area contributed by atoms with Gasteiger partial charge in [-0.05, 0) is 29.0 Å². The molecule has 26 heavy (non-hydrogen) atoms. The molecule has 0 aromatic heterocycles. The van der Waals surface area contributed by atoms with Crippen molar-refractivity contribution in [2.24, 2.45) is 0 Å². The van der Waals surface area contributed by atoms with Crippen LogP contribution in [-0.4, -0.2) is 24.3 Å². The molecule has 0 heterocycles. The van der Waals surface area contributed by atoms with Gasteiger partial charge in [-0.15, -0.1) is 0 Å². The molecule has 1 amide bonds. The minimum atomic E-state index is -0.620. The highest BCUT2D eigenvalue weighted by molar-refractivity contribution is 6.09. The minimum absolute atomic E-state index is 0.235. The Bertz CT molecular complexity index is 989. The van der Waals surface area contributed by atoms with Crippen LogP contribution in [0.4, 0.5) is 5.69 Å². The van der Waals surface area contributed by atoms with Crippen LogP contribution in [0.1, 0.15) is 27.6 Å². The lowest BCUT2D eigenvalue weighted by Crippen LogP contribution is -2.15. The number of hydrogen-bond donors (Lipinski definition) is 1. The van der Waals surface area contributed by atoms with Crippen molar-refractivity contribution < 1.29 is 19.1 Å². The van der Waals surface area contributed by atoms with Crippen molar-refractivity contribution in [3.8, 4) is 0 Å². The highest BCUT2D eigenvalue weighted by atomic mass is 16.5. The smallest absolute Gasteiger partial charge is 0.338 e. The number of carbonyl (C=O) groups excluding carboxylic acids is 3. The monoisotopic (exact) mass is 347 g/mol. The fraction of sp³-hybridized carbons (Fsp3) is 0.0952. The SMILES string of the molecule is CC(=O)Nc1cccc(C(=O)OCC(=O)c2cccc3ccccc23)c1. The maximum Gasteiger partial charge on any atom is 0.338 e. The van der Waals surface area contributed by atoms with Crippen LogP contribution < -0.4 is 5.32 Å². The van der Waals surface area contributed by atoms with Gasteiger partial charge >= 0.3 is 5.97 Å². The molecule has 5 nitrogen and oxygen atoms in total. The number of nitrogens with one attached hydrogen (secondary N) is 1. The molecule has 0 aliphatic carbocycles. The summed E-state index contributed by atoms with van der Waals surface area (Å²) in [6.07, 6.45) is 0. The van der Waals surface area contributed by atoms with E-state index in [9.17, 15) is 14.4 Å². The van der Waals surface area contributed by atoms with E-state index in [1.54, 1.807) is 30.3 Å². The zero-order valence-electron chi connectivity index (χ0n) is 14.2. The van der Waals surface area contributed by atoms with Crippen molar-refractivity contribution in [3.63, 3.8) is 0 Å². The number of rotatable bonds is 5.